The molecule has 7 nitrogen and oxygen atoms in total. The molecule has 2 heterocycles. The highest BCUT2D eigenvalue weighted by atomic mass is 16.5. The lowest BCUT2D eigenvalue weighted by atomic mass is 10.1. The molecule has 21 heavy (non-hydrogen) atoms. The molecule has 0 saturated carbocycles. The van der Waals surface area contributed by atoms with Crippen molar-refractivity contribution in [2.45, 2.75) is 0 Å². The average molecular weight is 287 g/mol. The zero-order chi connectivity index (χ0) is 15.0. The maximum absolute atomic E-state index is 12.0. The van der Waals surface area contributed by atoms with Crippen LogP contribution in [0, 0.1) is 0 Å². The van der Waals surface area contributed by atoms with E-state index in [1.807, 2.05) is 6.07 Å². The van der Waals surface area contributed by atoms with E-state index in [-0.39, 0.29) is 11.7 Å². The maximum Gasteiger partial charge on any atom is 0.358 e. The number of hydrogen-bond donors (Lipinski definition) is 1. The fraction of sp³-hybridized carbons (Fsp3) is 0.214. The number of urea groups is 1. The summed E-state index contributed by atoms with van der Waals surface area (Å²) in [6.07, 6.45) is 0. The molecule has 1 aromatic heterocycles. The molecule has 0 atom stereocenters. The standard InChI is InChI=1S/C14H13N3O4/c1-16-5-6-17(14(16)20)10-4-2-3-9(7-10)12-8-11(13(18)19)15-21-12/h2-4,7-8H,5-6H2,1H3,(H,18,19). The molecule has 0 bridgehead atoms. The number of hydrogen-bond acceptors (Lipinski definition) is 4. The number of amides is 2. The van der Waals surface area contributed by atoms with E-state index >= 15 is 0 Å². The zero-order valence-electron chi connectivity index (χ0n) is 11.3. The molecule has 0 radical (unpaired) electrons. The van der Waals surface area contributed by atoms with Gasteiger partial charge in [0.15, 0.2) is 11.5 Å². The van der Waals surface area contributed by atoms with Gasteiger partial charge in [-0.1, -0.05) is 17.3 Å². The van der Waals surface area contributed by atoms with Crippen LogP contribution >= 0.6 is 0 Å². The molecule has 1 aromatic carbocycles. The summed E-state index contributed by atoms with van der Waals surface area (Å²) in [5.41, 5.74) is 1.28. The minimum atomic E-state index is -1.14. The Morgan fingerprint density at radius 1 is 1.33 bits per heavy atom. The third kappa shape index (κ3) is 2.33. The van der Waals surface area contributed by atoms with Crippen LogP contribution in [0.15, 0.2) is 34.9 Å². The van der Waals surface area contributed by atoms with Crippen molar-refractivity contribution in [3.63, 3.8) is 0 Å². The van der Waals surface area contributed by atoms with Gasteiger partial charge in [-0.15, -0.1) is 0 Å². The number of benzene rings is 1. The lowest BCUT2D eigenvalue weighted by Gasteiger charge is -2.16. The first-order chi connectivity index (χ1) is 10.1. The summed E-state index contributed by atoms with van der Waals surface area (Å²) in [5.74, 6) is -0.785. The summed E-state index contributed by atoms with van der Waals surface area (Å²) < 4.78 is 5.03. The van der Waals surface area contributed by atoms with Crippen molar-refractivity contribution in [3.8, 4) is 11.3 Å². The van der Waals surface area contributed by atoms with Crippen molar-refractivity contribution < 1.29 is 19.2 Å². The molecule has 0 aliphatic carbocycles. The first-order valence-corrected chi connectivity index (χ1v) is 6.39. The van der Waals surface area contributed by atoms with Crippen LogP contribution in [0.3, 0.4) is 0 Å². The van der Waals surface area contributed by atoms with Gasteiger partial charge in [-0.2, -0.15) is 0 Å². The van der Waals surface area contributed by atoms with E-state index < -0.39 is 5.97 Å². The molecule has 0 spiro atoms. The molecule has 7 heteroatoms. The summed E-state index contributed by atoms with van der Waals surface area (Å²) in [5, 5.41) is 12.3. The fourth-order valence-electron chi connectivity index (χ4n) is 2.23. The van der Waals surface area contributed by atoms with Gasteiger partial charge in [0.05, 0.1) is 0 Å². The summed E-state index contributed by atoms with van der Waals surface area (Å²) in [4.78, 5) is 26.1. The highest BCUT2D eigenvalue weighted by Gasteiger charge is 2.26. The third-order valence-electron chi connectivity index (χ3n) is 3.39. The number of aromatic nitrogens is 1. The second kappa shape index (κ2) is 4.93. The quantitative estimate of drug-likeness (QED) is 0.931. The van der Waals surface area contributed by atoms with Crippen LogP contribution in [0.4, 0.5) is 10.5 Å². The SMILES string of the molecule is CN1CCN(c2cccc(-c3cc(C(=O)O)no3)c2)C1=O. The molecule has 1 saturated heterocycles. The van der Waals surface area contributed by atoms with Crippen molar-refractivity contribution in [2.24, 2.45) is 0 Å². The molecule has 1 aliphatic rings. The number of rotatable bonds is 3. The molecule has 1 fully saturated rings. The largest absolute Gasteiger partial charge is 0.476 e. The van der Waals surface area contributed by atoms with Crippen LogP contribution in [0.5, 0.6) is 0 Å². The Bertz CT molecular complexity index is 710. The Morgan fingerprint density at radius 3 is 2.76 bits per heavy atom. The normalized spacial score (nSPS) is 14.8. The highest BCUT2D eigenvalue weighted by molar-refractivity contribution is 5.94. The minimum absolute atomic E-state index is 0.0593. The van der Waals surface area contributed by atoms with Crippen LogP contribution in [0.2, 0.25) is 0 Å². The summed E-state index contributed by atoms with van der Waals surface area (Å²) in [7, 11) is 1.75. The number of carbonyl (C=O) groups is 2. The number of carbonyl (C=O) groups excluding carboxylic acids is 1. The summed E-state index contributed by atoms with van der Waals surface area (Å²) >= 11 is 0. The van der Waals surface area contributed by atoms with Gasteiger partial charge in [0, 0.05) is 37.5 Å². The van der Waals surface area contributed by atoms with Crippen molar-refractivity contribution in [1.82, 2.24) is 10.1 Å². The van der Waals surface area contributed by atoms with Crippen molar-refractivity contribution >= 4 is 17.7 Å². The van der Waals surface area contributed by atoms with E-state index in [1.54, 1.807) is 35.0 Å². The van der Waals surface area contributed by atoms with Gasteiger partial charge >= 0.3 is 12.0 Å². The Morgan fingerprint density at radius 2 is 2.14 bits per heavy atom. The Kier molecular flexibility index (Phi) is 3.09. The lowest BCUT2D eigenvalue weighted by Crippen LogP contribution is -2.29. The van der Waals surface area contributed by atoms with Crippen molar-refractivity contribution in [2.75, 3.05) is 25.0 Å². The zero-order valence-corrected chi connectivity index (χ0v) is 11.3. The minimum Gasteiger partial charge on any atom is -0.476 e. The second-order valence-corrected chi connectivity index (χ2v) is 4.79. The van der Waals surface area contributed by atoms with E-state index in [0.29, 0.717) is 24.4 Å². The topological polar surface area (TPSA) is 86.9 Å². The third-order valence-corrected chi connectivity index (χ3v) is 3.39. The predicted molar refractivity (Wildman–Crippen MR) is 74.3 cm³/mol. The van der Waals surface area contributed by atoms with Gasteiger partial charge in [0.2, 0.25) is 0 Å². The summed E-state index contributed by atoms with van der Waals surface area (Å²) in [6.45, 7) is 1.30. The van der Waals surface area contributed by atoms with Crippen molar-refractivity contribution in [3.05, 3.63) is 36.0 Å². The number of aromatic carboxylic acids is 1. The first kappa shape index (κ1) is 13.2. The van der Waals surface area contributed by atoms with Gasteiger partial charge in [0.1, 0.15) is 0 Å². The second-order valence-electron chi connectivity index (χ2n) is 4.79. The number of anilines is 1. The van der Waals surface area contributed by atoms with Crippen LogP contribution in [-0.2, 0) is 0 Å². The van der Waals surface area contributed by atoms with E-state index in [0.717, 1.165) is 5.69 Å². The molecular weight excluding hydrogens is 274 g/mol. The van der Waals surface area contributed by atoms with Gasteiger partial charge in [0.25, 0.3) is 0 Å². The number of nitrogens with zero attached hydrogens (tertiary/aromatic N) is 3. The molecular formula is C14H13N3O4. The van der Waals surface area contributed by atoms with Gasteiger partial charge in [-0.3, -0.25) is 4.90 Å². The van der Waals surface area contributed by atoms with Crippen molar-refractivity contribution in [1.29, 1.82) is 0 Å². The number of carboxylic acid groups (broad SMARTS) is 1. The van der Waals surface area contributed by atoms with Crippen LogP contribution in [-0.4, -0.2) is 47.3 Å². The van der Waals surface area contributed by atoms with Gasteiger partial charge < -0.3 is 14.5 Å². The van der Waals surface area contributed by atoms with Gasteiger partial charge in [-0.25, -0.2) is 9.59 Å². The molecule has 3 rings (SSSR count). The fourth-order valence-corrected chi connectivity index (χ4v) is 2.23. The van der Waals surface area contributed by atoms with Crippen LogP contribution in [0.1, 0.15) is 10.5 Å². The molecule has 108 valence electrons. The molecule has 2 amide bonds. The Hall–Kier alpha value is -2.83. The predicted octanol–water partition coefficient (Wildman–Crippen LogP) is 1.91. The lowest BCUT2D eigenvalue weighted by molar-refractivity contribution is 0.0686. The van der Waals surface area contributed by atoms with Gasteiger partial charge in [-0.05, 0) is 12.1 Å². The molecule has 0 unspecified atom stereocenters. The molecule has 2 aromatic rings. The van der Waals surface area contributed by atoms with E-state index in [1.165, 1.54) is 6.07 Å². The van der Waals surface area contributed by atoms with E-state index in [4.69, 9.17) is 9.63 Å². The van der Waals surface area contributed by atoms with E-state index in [9.17, 15) is 9.59 Å². The maximum atomic E-state index is 12.0. The number of carboxylic acids is 1. The average Bonchev–Trinajstić information content (AvgIpc) is 3.08. The number of likely N-dealkylation sites (N-methyl/N-ethyl adjacent to an activating group) is 1. The Balaban J connectivity index is 1.92. The molecule has 1 aliphatic heterocycles. The first-order valence-electron chi connectivity index (χ1n) is 6.39. The summed E-state index contributed by atoms with van der Waals surface area (Å²) in [6, 6.07) is 8.48. The smallest absolute Gasteiger partial charge is 0.358 e. The van der Waals surface area contributed by atoms with Crippen LogP contribution < -0.4 is 4.90 Å². The monoisotopic (exact) mass is 287 g/mol. The molecule has 1 N–H and O–H groups in total. The Labute approximate surface area is 120 Å². The van der Waals surface area contributed by atoms with Crippen LogP contribution in [0.25, 0.3) is 11.3 Å². The highest BCUT2D eigenvalue weighted by Crippen LogP contribution is 2.27. The van der Waals surface area contributed by atoms with E-state index in [2.05, 4.69) is 5.16 Å².